The molecule has 0 saturated heterocycles. The highest BCUT2D eigenvalue weighted by atomic mass is 35.5. The van der Waals surface area contributed by atoms with E-state index in [2.05, 4.69) is 5.32 Å². The minimum Gasteiger partial charge on any atom is -0.352 e. The van der Waals surface area contributed by atoms with E-state index in [4.69, 9.17) is 11.6 Å². The van der Waals surface area contributed by atoms with Gasteiger partial charge >= 0.3 is 6.18 Å². The molecule has 0 aliphatic rings. The van der Waals surface area contributed by atoms with Gasteiger partial charge in [-0.1, -0.05) is 37.6 Å². The molecule has 2 rings (SSSR count). The SMILES string of the molecule is CC[C@H](C(=O)N[C@@H](C)CC)N(Cc1ccc(F)cc1)C(=O)CN(c1ccc(Cl)c(C(F)(F)F)c1)S(C)(=O)=O. The van der Waals surface area contributed by atoms with Gasteiger partial charge in [0.05, 0.1) is 22.5 Å². The summed E-state index contributed by atoms with van der Waals surface area (Å²) in [6.45, 7) is 4.25. The Kier molecular flexibility index (Phi) is 10.6. The Morgan fingerprint density at radius 2 is 1.66 bits per heavy atom. The molecule has 2 amide bonds. The lowest BCUT2D eigenvalue weighted by molar-refractivity contribution is -0.140. The van der Waals surface area contributed by atoms with Crippen molar-refractivity contribution in [2.24, 2.45) is 0 Å². The molecule has 0 radical (unpaired) electrons. The van der Waals surface area contributed by atoms with E-state index in [1.165, 1.54) is 24.3 Å². The molecule has 0 heterocycles. The van der Waals surface area contributed by atoms with Crippen molar-refractivity contribution in [2.45, 2.75) is 58.4 Å². The molecule has 0 spiro atoms. The Bertz CT molecular complexity index is 1240. The lowest BCUT2D eigenvalue weighted by Gasteiger charge is -2.33. The van der Waals surface area contributed by atoms with Crippen molar-refractivity contribution >= 4 is 39.1 Å². The maximum absolute atomic E-state index is 13.6. The first kappa shape index (κ1) is 31.4. The normalized spacial score (nSPS) is 13.5. The molecule has 0 saturated carbocycles. The highest BCUT2D eigenvalue weighted by Gasteiger charge is 2.36. The van der Waals surface area contributed by atoms with Crippen LogP contribution in [0.3, 0.4) is 0 Å². The van der Waals surface area contributed by atoms with Crippen LogP contribution in [0.25, 0.3) is 0 Å². The predicted octanol–water partition coefficient (Wildman–Crippen LogP) is 4.99. The molecule has 2 aromatic carbocycles. The van der Waals surface area contributed by atoms with E-state index in [-0.39, 0.29) is 19.0 Å². The van der Waals surface area contributed by atoms with E-state index in [1.807, 2.05) is 6.92 Å². The maximum atomic E-state index is 13.6. The first-order chi connectivity index (χ1) is 17.6. The van der Waals surface area contributed by atoms with Crippen LogP contribution >= 0.6 is 11.6 Å². The van der Waals surface area contributed by atoms with E-state index < -0.39 is 62.7 Å². The third kappa shape index (κ3) is 8.32. The van der Waals surface area contributed by atoms with E-state index in [0.717, 1.165) is 23.3 Å². The van der Waals surface area contributed by atoms with Gasteiger partial charge in [0.15, 0.2) is 0 Å². The highest BCUT2D eigenvalue weighted by molar-refractivity contribution is 7.92. The van der Waals surface area contributed by atoms with Gasteiger partial charge in [-0.05, 0) is 55.7 Å². The number of hydrogen-bond donors (Lipinski definition) is 1. The van der Waals surface area contributed by atoms with Crippen LogP contribution in [0.1, 0.15) is 44.7 Å². The summed E-state index contributed by atoms with van der Waals surface area (Å²) in [5.74, 6) is -1.83. The summed E-state index contributed by atoms with van der Waals surface area (Å²) in [5, 5.41) is 2.16. The van der Waals surface area contributed by atoms with Gasteiger partial charge in [-0.25, -0.2) is 12.8 Å². The van der Waals surface area contributed by atoms with Gasteiger partial charge in [0.25, 0.3) is 0 Å². The number of benzene rings is 2. The van der Waals surface area contributed by atoms with Crippen molar-refractivity contribution in [3.05, 3.63) is 64.4 Å². The molecule has 2 atom stereocenters. The Morgan fingerprint density at radius 3 is 2.16 bits per heavy atom. The number of halogens is 5. The third-order valence-electron chi connectivity index (χ3n) is 5.88. The quantitative estimate of drug-likeness (QED) is 0.380. The second-order valence-electron chi connectivity index (χ2n) is 8.82. The summed E-state index contributed by atoms with van der Waals surface area (Å²) in [5.41, 5.74) is -1.22. The lowest BCUT2D eigenvalue weighted by Crippen LogP contribution is -2.53. The molecule has 0 bridgehead atoms. The standard InChI is InChI=1S/C25H30ClF4N3O4S/c1-5-16(3)31-24(35)22(6-2)32(14-17-7-9-18(27)10-8-17)23(34)15-33(38(4,36)37)19-11-12-21(26)20(13-19)25(28,29)30/h7-13,16,22H,5-6,14-15H2,1-4H3,(H,31,35)/t16-,22+/m0/s1. The molecular weight excluding hydrogens is 550 g/mol. The van der Waals surface area contributed by atoms with Crippen LogP contribution < -0.4 is 9.62 Å². The van der Waals surface area contributed by atoms with Crippen LogP contribution in [0.5, 0.6) is 0 Å². The molecular formula is C25H30ClF4N3O4S. The number of hydrogen-bond acceptors (Lipinski definition) is 4. The van der Waals surface area contributed by atoms with Gasteiger partial charge in [-0.3, -0.25) is 13.9 Å². The molecule has 0 unspecified atom stereocenters. The molecule has 13 heteroatoms. The van der Waals surface area contributed by atoms with Crippen molar-refractivity contribution in [2.75, 3.05) is 17.1 Å². The van der Waals surface area contributed by atoms with E-state index in [0.29, 0.717) is 22.4 Å². The summed E-state index contributed by atoms with van der Waals surface area (Å²) in [6.07, 6.45) is -3.34. The van der Waals surface area contributed by atoms with Gasteiger partial charge in [-0.2, -0.15) is 13.2 Å². The summed E-state index contributed by atoms with van der Waals surface area (Å²) in [4.78, 5) is 27.8. The summed E-state index contributed by atoms with van der Waals surface area (Å²) in [7, 11) is -4.25. The number of sulfonamides is 1. The van der Waals surface area contributed by atoms with Crippen LogP contribution in [0, 0.1) is 5.82 Å². The summed E-state index contributed by atoms with van der Waals surface area (Å²) in [6, 6.07) is 6.45. The first-order valence-corrected chi connectivity index (χ1v) is 14.0. The average Bonchev–Trinajstić information content (AvgIpc) is 2.82. The number of nitrogens with one attached hydrogen (secondary N) is 1. The summed E-state index contributed by atoms with van der Waals surface area (Å²) >= 11 is 5.67. The molecule has 0 aromatic heterocycles. The van der Waals surface area contributed by atoms with Gasteiger partial charge < -0.3 is 10.2 Å². The minimum absolute atomic E-state index is 0.160. The highest BCUT2D eigenvalue weighted by Crippen LogP contribution is 2.37. The fourth-order valence-electron chi connectivity index (χ4n) is 3.65. The smallest absolute Gasteiger partial charge is 0.352 e. The maximum Gasteiger partial charge on any atom is 0.417 e. The second kappa shape index (κ2) is 12.8. The molecule has 7 nitrogen and oxygen atoms in total. The Balaban J connectivity index is 2.52. The molecule has 2 aromatic rings. The number of alkyl halides is 3. The van der Waals surface area contributed by atoms with Gasteiger partial charge in [0, 0.05) is 12.6 Å². The van der Waals surface area contributed by atoms with Crippen LogP contribution in [0.15, 0.2) is 42.5 Å². The lowest BCUT2D eigenvalue weighted by atomic mass is 10.1. The predicted molar refractivity (Wildman–Crippen MR) is 138 cm³/mol. The fraction of sp³-hybridized carbons (Fsp3) is 0.440. The Morgan fingerprint density at radius 1 is 1.05 bits per heavy atom. The van der Waals surface area contributed by atoms with E-state index >= 15 is 0 Å². The van der Waals surface area contributed by atoms with Crippen LogP contribution in [0.4, 0.5) is 23.2 Å². The van der Waals surface area contributed by atoms with Crippen LogP contribution in [0.2, 0.25) is 5.02 Å². The number of rotatable bonds is 11. The first-order valence-electron chi connectivity index (χ1n) is 11.8. The zero-order valence-corrected chi connectivity index (χ0v) is 22.9. The van der Waals surface area contributed by atoms with Crippen LogP contribution in [-0.4, -0.2) is 50.0 Å². The van der Waals surface area contributed by atoms with Crippen molar-refractivity contribution in [3.63, 3.8) is 0 Å². The number of amides is 2. The van der Waals surface area contributed by atoms with Crippen molar-refractivity contribution in [1.82, 2.24) is 10.2 Å². The van der Waals surface area contributed by atoms with Crippen LogP contribution in [-0.2, 0) is 32.3 Å². The number of carbonyl (C=O) groups excluding carboxylic acids is 2. The van der Waals surface area contributed by atoms with E-state index in [9.17, 15) is 35.6 Å². The monoisotopic (exact) mass is 579 g/mol. The van der Waals surface area contributed by atoms with E-state index in [1.54, 1.807) is 13.8 Å². The number of nitrogens with zero attached hydrogens (tertiary/aromatic N) is 2. The number of anilines is 1. The minimum atomic E-state index is -4.86. The second-order valence-corrected chi connectivity index (χ2v) is 11.1. The topological polar surface area (TPSA) is 86.8 Å². The van der Waals surface area contributed by atoms with Crippen molar-refractivity contribution in [1.29, 1.82) is 0 Å². The van der Waals surface area contributed by atoms with Gasteiger partial charge in [0.2, 0.25) is 21.8 Å². The largest absolute Gasteiger partial charge is 0.417 e. The molecule has 38 heavy (non-hydrogen) atoms. The molecule has 1 N–H and O–H groups in total. The van der Waals surface area contributed by atoms with Gasteiger partial charge in [-0.15, -0.1) is 0 Å². The number of carbonyl (C=O) groups is 2. The summed E-state index contributed by atoms with van der Waals surface area (Å²) < 4.78 is 79.5. The zero-order chi connectivity index (χ0) is 28.8. The molecule has 0 fully saturated rings. The fourth-order valence-corrected chi connectivity index (χ4v) is 4.71. The average molecular weight is 580 g/mol. The Labute approximate surface area is 224 Å². The van der Waals surface area contributed by atoms with Crippen molar-refractivity contribution in [3.8, 4) is 0 Å². The van der Waals surface area contributed by atoms with Crippen molar-refractivity contribution < 1.29 is 35.6 Å². The Hall–Kier alpha value is -2.86. The zero-order valence-electron chi connectivity index (χ0n) is 21.4. The molecule has 210 valence electrons. The molecule has 0 aliphatic heterocycles. The molecule has 0 aliphatic carbocycles. The third-order valence-corrected chi connectivity index (χ3v) is 7.35. The van der Waals surface area contributed by atoms with Gasteiger partial charge in [0.1, 0.15) is 18.4 Å².